The Bertz CT molecular complexity index is 858. The molecule has 0 aliphatic carbocycles. The molecule has 4 rings (SSSR count). The van der Waals surface area contributed by atoms with Gasteiger partial charge in [-0.15, -0.1) is 0 Å². The fraction of sp³-hybridized carbons (Fsp3) is 0.211. The Labute approximate surface area is 140 Å². The Kier molecular flexibility index (Phi) is 3.61. The topological polar surface area (TPSA) is 61.9 Å². The summed E-state index contributed by atoms with van der Waals surface area (Å²) in [5.41, 5.74) is 4.40. The number of carbonyl (C=O) groups is 1. The van der Waals surface area contributed by atoms with Gasteiger partial charge in [0.05, 0.1) is 11.7 Å². The number of carbonyl (C=O) groups excluding carboxylic acids is 1. The number of amides is 1. The molecule has 1 amide bonds. The minimum atomic E-state index is -0.143. The van der Waals surface area contributed by atoms with Crippen molar-refractivity contribution in [1.29, 1.82) is 0 Å². The Morgan fingerprint density at radius 3 is 2.71 bits per heavy atom. The van der Waals surface area contributed by atoms with Crippen LogP contribution in [-0.2, 0) is 0 Å². The zero-order chi connectivity index (χ0) is 16.5. The average Bonchev–Trinajstić information content (AvgIpc) is 3.17. The molecule has 5 heteroatoms. The number of hydrogen-bond donors (Lipinski definition) is 1. The number of rotatable bonds is 4. The first kappa shape index (κ1) is 14.6. The maximum Gasteiger partial charge on any atom is 0.273 e. The minimum Gasteiger partial charge on any atom is -0.326 e. The second kappa shape index (κ2) is 5.92. The van der Waals surface area contributed by atoms with Crippen LogP contribution in [0, 0.1) is 0 Å². The number of nitrogens with zero attached hydrogens (tertiary/aromatic N) is 3. The summed E-state index contributed by atoms with van der Waals surface area (Å²) in [5, 5.41) is 7.40. The molecule has 2 aromatic heterocycles. The van der Waals surface area contributed by atoms with Crippen LogP contribution in [0.3, 0.4) is 0 Å². The van der Waals surface area contributed by atoms with Gasteiger partial charge in [0.1, 0.15) is 5.69 Å². The fourth-order valence-electron chi connectivity index (χ4n) is 3.37. The summed E-state index contributed by atoms with van der Waals surface area (Å²) in [5.74, 6) is 0.00961. The molecule has 0 saturated carbocycles. The third kappa shape index (κ3) is 2.21. The lowest BCUT2D eigenvalue weighted by atomic mass is 9.97. The van der Waals surface area contributed by atoms with Gasteiger partial charge in [-0.3, -0.25) is 14.9 Å². The van der Waals surface area contributed by atoms with Crippen molar-refractivity contribution in [2.45, 2.75) is 19.4 Å². The van der Waals surface area contributed by atoms with Gasteiger partial charge in [0.25, 0.3) is 5.91 Å². The normalized spacial score (nSPS) is 16.5. The van der Waals surface area contributed by atoms with Crippen LogP contribution in [-0.4, -0.2) is 32.5 Å². The highest BCUT2D eigenvalue weighted by Gasteiger charge is 2.41. The first-order valence-corrected chi connectivity index (χ1v) is 8.15. The number of aromatic nitrogens is 3. The van der Waals surface area contributed by atoms with E-state index in [9.17, 15) is 4.79 Å². The van der Waals surface area contributed by atoms with E-state index in [1.807, 2.05) is 53.6 Å². The first-order valence-electron chi connectivity index (χ1n) is 8.15. The van der Waals surface area contributed by atoms with Gasteiger partial charge < -0.3 is 4.90 Å². The molecule has 0 radical (unpaired) electrons. The van der Waals surface area contributed by atoms with Crippen molar-refractivity contribution in [2.24, 2.45) is 0 Å². The minimum absolute atomic E-state index is 0.00961. The second-order valence-electron chi connectivity index (χ2n) is 5.91. The summed E-state index contributed by atoms with van der Waals surface area (Å²) < 4.78 is 0. The number of benzene rings is 1. The third-order valence-electron chi connectivity index (χ3n) is 4.38. The number of fused-ring (bicyclic) bond motifs is 1. The van der Waals surface area contributed by atoms with Gasteiger partial charge in [-0.2, -0.15) is 5.10 Å². The Morgan fingerprint density at radius 1 is 1.17 bits per heavy atom. The molecule has 1 N–H and O–H groups in total. The molecule has 24 heavy (non-hydrogen) atoms. The number of H-pyrrole nitrogens is 1. The molecule has 1 atom stereocenters. The lowest BCUT2D eigenvalue weighted by Gasteiger charge is -2.25. The third-order valence-corrected chi connectivity index (χ3v) is 4.38. The van der Waals surface area contributed by atoms with Crippen molar-refractivity contribution in [3.8, 4) is 11.3 Å². The predicted octanol–water partition coefficient (Wildman–Crippen LogP) is 3.43. The van der Waals surface area contributed by atoms with E-state index >= 15 is 0 Å². The van der Waals surface area contributed by atoms with Crippen LogP contribution < -0.4 is 0 Å². The van der Waals surface area contributed by atoms with E-state index in [1.54, 1.807) is 6.20 Å². The molecule has 0 fully saturated rings. The summed E-state index contributed by atoms with van der Waals surface area (Å²) in [6.45, 7) is 2.78. The standard InChI is InChI=1S/C19H18N4O/c1-2-11-23-18(14-9-6-10-20-12-14)15-16(13-7-4-3-5-8-13)21-22-17(15)19(23)24/h3-10,12,18H,2,11H2,1H3,(H,21,22). The lowest BCUT2D eigenvalue weighted by Crippen LogP contribution is -2.30. The van der Waals surface area contributed by atoms with Crippen molar-refractivity contribution < 1.29 is 4.79 Å². The van der Waals surface area contributed by atoms with Gasteiger partial charge in [-0.1, -0.05) is 43.3 Å². The molecule has 0 saturated heterocycles. The summed E-state index contributed by atoms with van der Waals surface area (Å²) in [7, 11) is 0. The van der Waals surface area contributed by atoms with Crippen LogP contribution in [0.25, 0.3) is 11.3 Å². The lowest BCUT2D eigenvalue weighted by molar-refractivity contribution is 0.0744. The van der Waals surface area contributed by atoms with E-state index in [0.29, 0.717) is 12.2 Å². The zero-order valence-corrected chi connectivity index (χ0v) is 13.4. The molecule has 1 aliphatic rings. The van der Waals surface area contributed by atoms with E-state index in [4.69, 9.17) is 0 Å². The monoisotopic (exact) mass is 318 g/mol. The van der Waals surface area contributed by atoms with Gasteiger partial charge in [-0.25, -0.2) is 0 Å². The maximum absolute atomic E-state index is 12.8. The van der Waals surface area contributed by atoms with Crippen LogP contribution >= 0.6 is 0 Å². The molecular formula is C19H18N4O. The van der Waals surface area contributed by atoms with Crippen molar-refractivity contribution in [1.82, 2.24) is 20.1 Å². The van der Waals surface area contributed by atoms with E-state index in [0.717, 1.165) is 28.8 Å². The van der Waals surface area contributed by atoms with Gasteiger partial charge in [-0.05, 0) is 18.1 Å². The van der Waals surface area contributed by atoms with Crippen molar-refractivity contribution in [3.05, 3.63) is 71.7 Å². The van der Waals surface area contributed by atoms with Crippen LogP contribution in [0.4, 0.5) is 0 Å². The van der Waals surface area contributed by atoms with E-state index in [-0.39, 0.29) is 11.9 Å². The highest BCUT2D eigenvalue weighted by atomic mass is 16.2. The largest absolute Gasteiger partial charge is 0.326 e. The average molecular weight is 318 g/mol. The van der Waals surface area contributed by atoms with Crippen LogP contribution in [0.5, 0.6) is 0 Å². The van der Waals surface area contributed by atoms with Crippen molar-refractivity contribution in [2.75, 3.05) is 6.54 Å². The maximum atomic E-state index is 12.8. The molecular weight excluding hydrogens is 300 g/mol. The number of aromatic amines is 1. The van der Waals surface area contributed by atoms with Crippen molar-refractivity contribution >= 4 is 5.91 Å². The molecule has 1 aromatic carbocycles. The van der Waals surface area contributed by atoms with E-state index in [2.05, 4.69) is 22.1 Å². The molecule has 120 valence electrons. The number of hydrogen-bond acceptors (Lipinski definition) is 3. The van der Waals surface area contributed by atoms with Crippen LogP contribution in [0.1, 0.15) is 41.0 Å². The van der Waals surface area contributed by atoms with Gasteiger partial charge in [0.15, 0.2) is 0 Å². The van der Waals surface area contributed by atoms with Crippen molar-refractivity contribution in [3.63, 3.8) is 0 Å². The zero-order valence-electron chi connectivity index (χ0n) is 13.4. The van der Waals surface area contributed by atoms with Gasteiger partial charge >= 0.3 is 0 Å². The number of nitrogens with one attached hydrogen (secondary N) is 1. The van der Waals surface area contributed by atoms with Gasteiger partial charge in [0, 0.05) is 30.1 Å². The highest BCUT2D eigenvalue weighted by Crippen LogP contribution is 2.42. The molecule has 1 aliphatic heterocycles. The molecule has 0 bridgehead atoms. The predicted molar refractivity (Wildman–Crippen MR) is 91.4 cm³/mol. The van der Waals surface area contributed by atoms with Crippen LogP contribution in [0.2, 0.25) is 0 Å². The molecule has 3 heterocycles. The first-order chi connectivity index (χ1) is 11.8. The SMILES string of the molecule is CCCN1C(=O)c2[nH]nc(-c3ccccc3)c2C1c1cccnc1. The van der Waals surface area contributed by atoms with Crippen LogP contribution in [0.15, 0.2) is 54.9 Å². The van der Waals surface area contributed by atoms with Gasteiger partial charge in [0.2, 0.25) is 0 Å². The Hall–Kier alpha value is -2.95. The molecule has 0 spiro atoms. The Balaban J connectivity index is 1.90. The van der Waals surface area contributed by atoms with E-state index < -0.39 is 0 Å². The summed E-state index contributed by atoms with van der Waals surface area (Å²) in [4.78, 5) is 19.0. The molecule has 1 unspecified atom stereocenters. The number of pyridine rings is 1. The fourth-order valence-corrected chi connectivity index (χ4v) is 3.37. The molecule has 3 aromatic rings. The second-order valence-corrected chi connectivity index (χ2v) is 5.91. The summed E-state index contributed by atoms with van der Waals surface area (Å²) in [6, 6.07) is 13.8. The molecule has 5 nitrogen and oxygen atoms in total. The quantitative estimate of drug-likeness (QED) is 0.801. The van der Waals surface area contributed by atoms with E-state index in [1.165, 1.54) is 0 Å². The highest BCUT2D eigenvalue weighted by molar-refractivity contribution is 6.00. The summed E-state index contributed by atoms with van der Waals surface area (Å²) >= 11 is 0. The smallest absolute Gasteiger partial charge is 0.273 e. The summed E-state index contributed by atoms with van der Waals surface area (Å²) in [6.07, 6.45) is 4.48. The Morgan fingerprint density at radius 2 is 2.00 bits per heavy atom.